The number of ether oxygens (including phenoxy) is 1. The summed E-state index contributed by atoms with van der Waals surface area (Å²) in [4.78, 5) is 16.9. The van der Waals surface area contributed by atoms with Crippen molar-refractivity contribution >= 4 is 28.0 Å². The Morgan fingerprint density at radius 3 is 2.96 bits per heavy atom. The number of carbonyl (C=O) groups is 1. The Kier molecular flexibility index (Phi) is 3.76. The number of nitrogen functional groups attached to an aromatic ring is 1. The van der Waals surface area contributed by atoms with Crippen molar-refractivity contribution < 1.29 is 9.53 Å². The molecule has 1 aliphatic rings. The molecule has 116 valence electrons. The quantitative estimate of drug-likeness (QED) is 0.823. The molecule has 2 aromatic rings. The summed E-state index contributed by atoms with van der Waals surface area (Å²) < 4.78 is 4.94. The molecule has 3 N–H and O–H groups in total. The molecule has 0 bridgehead atoms. The van der Waals surface area contributed by atoms with Gasteiger partial charge in [-0.15, -0.1) is 11.3 Å². The molecule has 0 aromatic carbocycles. The predicted molar refractivity (Wildman–Crippen MR) is 87.9 cm³/mol. The number of nitrogens with zero attached hydrogens (tertiary/aromatic N) is 2. The van der Waals surface area contributed by atoms with Gasteiger partial charge in [-0.2, -0.15) is 5.26 Å². The van der Waals surface area contributed by atoms with Crippen LogP contribution in [0.1, 0.15) is 28.8 Å². The predicted octanol–water partition coefficient (Wildman–Crippen LogP) is 2.60. The number of hydrogen-bond donors (Lipinski definition) is 2. The Balaban J connectivity index is 2.28. The van der Waals surface area contributed by atoms with E-state index >= 15 is 0 Å². The van der Waals surface area contributed by atoms with E-state index in [4.69, 9.17) is 10.5 Å². The number of carbonyl (C=O) groups excluding carboxylic acids is 1. The topological polar surface area (TPSA) is 101 Å². The molecule has 0 saturated carbocycles. The first kappa shape index (κ1) is 15.1. The third-order valence-electron chi connectivity index (χ3n) is 3.79. The summed E-state index contributed by atoms with van der Waals surface area (Å²) in [5.74, 6) is -0.843. The first-order valence-electron chi connectivity index (χ1n) is 6.86. The third-order valence-corrected chi connectivity index (χ3v) is 4.83. The molecule has 0 saturated heterocycles. The largest absolute Gasteiger partial charge is 0.466 e. The fraction of sp³-hybridized carbons (Fsp3) is 0.188. The van der Waals surface area contributed by atoms with E-state index < -0.39 is 11.9 Å². The Labute approximate surface area is 137 Å². The molecule has 0 aliphatic carbocycles. The number of anilines is 2. The van der Waals surface area contributed by atoms with Crippen LogP contribution in [-0.2, 0) is 9.53 Å². The maximum Gasteiger partial charge on any atom is 0.336 e. The van der Waals surface area contributed by atoms with Crippen LogP contribution in [0.2, 0.25) is 0 Å². The number of thiophene rings is 1. The molecule has 1 aliphatic heterocycles. The van der Waals surface area contributed by atoms with Crippen molar-refractivity contribution in [2.75, 3.05) is 18.2 Å². The van der Waals surface area contributed by atoms with Gasteiger partial charge in [-0.05, 0) is 18.6 Å². The van der Waals surface area contributed by atoms with Crippen LogP contribution < -0.4 is 11.1 Å². The number of methoxy groups -OCH3 is 1. The van der Waals surface area contributed by atoms with Gasteiger partial charge >= 0.3 is 5.97 Å². The summed E-state index contributed by atoms with van der Waals surface area (Å²) >= 11 is 1.28. The van der Waals surface area contributed by atoms with Crippen molar-refractivity contribution in [1.82, 2.24) is 4.98 Å². The number of nitrogens with two attached hydrogens (primary N) is 1. The van der Waals surface area contributed by atoms with E-state index in [-0.39, 0.29) is 0 Å². The summed E-state index contributed by atoms with van der Waals surface area (Å²) in [5, 5.41) is 13.2. The highest BCUT2D eigenvalue weighted by molar-refractivity contribution is 7.17. The zero-order valence-corrected chi connectivity index (χ0v) is 13.4. The summed E-state index contributed by atoms with van der Waals surface area (Å²) in [6.07, 6.45) is 3.36. The van der Waals surface area contributed by atoms with E-state index in [0.29, 0.717) is 21.8 Å². The highest BCUT2D eigenvalue weighted by Crippen LogP contribution is 2.49. The smallest absolute Gasteiger partial charge is 0.336 e. The van der Waals surface area contributed by atoms with Gasteiger partial charge in [0.1, 0.15) is 15.9 Å². The minimum absolute atomic E-state index is 0.391. The van der Waals surface area contributed by atoms with Crippen LogP contribution in [0.4, 0.5) is 10.7 Å². The number of hydrogen-bond acceptors (Lipinski definition) is 7. The summed E-state index contributed by atoms with van der Waals surface area (Å²) in [7, 11) is 1.34. The van der Waals surface area contributed by atoms with Gasteiger partial charge in [0.2, 0.25) is 0 Å². The first-order chi connectivity index (χ1) is 11.1. The number of aromatic nitrogens is 1. The third kappa shape index (κ3) is 2.33. The molecule has 6 nitrogen and oxygen atoms in total. The average Bonchev–Trinajstić information content (AvgIpc) is 2.89. The number of fused-ring (bicyclic) bond motifs is 1. The molecular weight excluding hydrogens is 312 g/mol. The zero-order valence-electron chi connectivity index (χ0n) is 12.6. The van der Waals surface area contributed by atoms with Crippen molar-refractivity contribution in [1.29, 1.82) is 5.26 Å². The van der Waals surface area contributed by atoms with Crippen LogP contribution in [0.25, 0.3) is 0 Å². The lowest BCUT2D eigenvalue weighted by atomic mass is 9.82. The second kappa shape index (κ2) is 5.74. The van der Waals surface area contributed by atoms with E-state index in [1.807, 2.05) is 6.07 Å². The van der Waals surface area contributed by atoms with E-state index in [9.17, 15) is 10.1 Å². The van der Waals surface area contributed by atoms with Crippen molar-refractivity contribution in [3.8, 4) is 6.07 Å². The number of rotatable bonds is 2. The van der Waals surface area contributed by atoms with Crippen molar-refractivity contribution in [2.24, 2.45) is 0 Å². The van der Waals surface area contributed by atoms with E-state index in [0.717, 1.165) is 16.1 Å². The van der Waals surface area contributed by atoms with Crippen molar-refractivity contribution in [2.45, 2.75) is 12.8 Å². The molecule has 1 unspecified atom stereocenters. The van der Waals surface area contributed by atoms with Gasteiger partial charge < -0.3 is 15.8 Å². The fourth-order valence-electron chi connectivity index (χ4n) is 2.78. The number of esters is 1. The molecule has 0 amide bonds. The highest BCUT2D eigenvalue weighted by atomic mass is 32.1. The lowest BCUT2D eigenvalue weighted by Crippen LogP contribution is -2.23. The van der Waals surface area contributed by atoms with E-state index in [2.05, 4.69) is 16.4 Å². The van der Waals surface area contributed by atoms with Crippen LogP contribution in [-0.4, -0.2) is 18.1 Å². The molecule has 23 heavy (non-hydrogen) atoms. The highest BCUT2D eigenvalue weighted by Gasteiger charge is 2.36. The molecule has 0 radical (unpaired) electrons. The van der Waals surface area contributed by atoms with Crippen LogP contribution in [0, 0.1) is 11.3 Å². The number of nitrogens with one attached hydrogen (secondary N) is 1. The lowest BCUT2D eigenvalue weighted by molar-refractivity contribution is -0.136. The molecule has 3 rings (SSSR count). The standard InChI is InChI=1S/C16H14N4O2S/c1-8-11(16(21)22-2)12(9-4-3-5-19-7-9)13-14(18)10(6-17)23-15(13)20-8/h3-5,7,12,20H,18H2,1-2H3. The van der Waals surface area contributed by atoms with Gasteiger partial charge in [-0.1, -0.05) is 6.07 Å². The van der Waals surface area contributed by atoms with E-state index in [1.165, 1.54) is 18.4 Å². The van der Waals surface area contributed by atoms with Crippen molar-refractivity contribution in [3.05, 3.63) is 51.8 Å². The Morgan fingerprint density at radius 2 is 2.35 bits per heavy atom. The Bertz CT molecular complexity index is 849. The second-order valence-corrected chi connectivity index (χ2v) is 6.09. The van der Waals surface area contributed by atoms with Gasteiger partial charge in [-0.3, -0.25) is 4.98 Å². The van der Waals surface area contributed by atoms with Gasteiger partial charge in [0.25, 0.3) is 0 Å². The van der Waals surface area contributed by atoms with E-state index in [1.54, 1.807) is 25.4 Å². The van der Waals surface area contributed by atoms with Gasteiger partial charge in [0.05, 0.1) is 18.4 Å². The summed E-state index contributed by atoms with van der Waals surface area (Å²) in [5.41, 5.74) is 9.26. The molecule has 2 aromatic heterocycles. The van der Waals surface area contributed by atoms with Crippen LogP contribution in [0.5, 0.6) is 0 Å². The maximum absolute atomic E-state index is 12.3. The monoisotopic (exact) mass is 326 g/mol. The van der Waals surface area contributed by atoms with Crippen LogP contribution >= 0.6 is 11.3 Å². The SMILES string of the molecule is COC(=O)C1=C(C)Nc2sc(C#N)c(N)c2C1c1cccnc1. The van der Waals surface area contributed by atoms with Gasteiger partial charge in [0, 0.05) is 29.6 Å². The fourth-order valence-corrected chi connectivity index (χ4v) is 3.79. The minimum atomic E-state index is -0.432. The summed E-state index contributed by atoms with van der Waals surface area (Å²) in [6, 6.07) is 5.78. The first-order valence-corrected chi connectivity index (χ1v) is 7.68. The number of pyridine rings is 1. The molecule has 7 heteroatoms. The Morgan fingerprint density at radius 1 is 1.57 bits per heavy atom. The lowest BCUT2D eigenvalue weighted by Gasteiger charge is -2.27. The van der Waals surface area contributed by atoms with Crippen LogP contribution in [0.15, 0.2) is 35.8 Å². The molecular formula is C16H14N4O2S. The second-order valence-electron chi connectivity index (χ2n) is 5.07. The minimum Gasteiger partial charge on any atom is -0.466 e. The van der Waals surface area contributed by atoms with Crippen molar-refractivity contribution in [3.63, 3.8) is 0 Å². The van der Waals surface area contributed by atoms with Gasteiger partial charge in [0.15, 0.2) is 0 Å². The molecule has 3 heterocycles. The van der Waals surface area contributed by atoms with Crippen LogP contribution in [0.3, 0.4) is 0 Å². The molecule has 0 spiro atoms. The number of allylic oxidation sites excluding steroid dienone is 1. The molecule has 1 atom stereocenters. The zero-order chi connectivity index (χ0) is 16.6. The van der Waals surface area contributed by atoms with Gasteiger partial charge in [-0.25, -0.2) is 4.79 Å². The molecule has 0 fully saturated rings. The normalized spacial score (nSPS) is 16.3. The summed E-state index contributed by atoms with van der Waals surface area (Å²) in [6.45, 7) is 1.81. The number of nitriles is 1. The maximum atomic E-state index is 12.3. The average molecular weight is 326 g/mol. The Hall–Kier alpha value is -2.85.